The number of primary amides is 1. The summed E-state index contributed by atoms with van der Waals surface area (Å²) in [4.78, 5) is 14.5. The Hall–Kier alpha value is -2.10. The van der Waals surface area contributed by atoms with Crippen LogP contribution >= 0.6 is 0 Å². The first kappa shape index (κ1) is 11.0. The molecule has 0 aliphatic carbocycles. The van der Waals surface area contributed by atoms with Crippen LogP contribution in [0.25, 0.3) is 5.57 Å². The summed E-state index contributed by atoms with van der Waals surface area (Å²) in [6.07, 6.45) is 5.12. The highest BCUT2D eigenvalue weighted by Gasteiger charge is 1.97. The average Bonchev–Trinajstić information content (AvgIpc) is 2.17. The molecule has 0 bridgehead atoms. The number of amides is 2. The van der Waals surface area contributed by atoms with Crippen molar-refractivity contribution in [1.82, 2.24) is 10.3 Å². The van der Waals surface area contributed by atoms with E-state index in [0.717, 1.165) is 11.1 Å². The van der Waals surface area contributed by atoms with Gasteiger partial charge >= 0.3 is 6.03 Å². The van der Waals surface area contributed by atoms with Gasteiger partial charge in [0.05, 0.1) is 0 Å². The van der Waals surface area contributed by atoms with Gasteiger partial charge in [-0.05, 0) is 36.3 Å². The number of nitrogens with one attached hydrogen (secondary N) is 1. The van der Waals surface area contributed by atoms with E-state index in [1.165, 1.54) is 0 Å². The number of aromatic nitrogens is 1. The third kappa shape index (κ3) is 3.64. The van der Waals surface area contributed by atoms with Gasteiger partial charge in [0.1, 0.15) is 0 Å². The summed E-state index contributed by atoms with van der Waals surface area (Å²) >= 11 is 0. The van der Waals surface area contributed by atoms with Crippen LogP contribution in [0.3, 0.4) is 0 Å². The minimum absolute atomic E-state index is 0.578. The Kier molecular flexibility index (Phi) is 3.62. The molecule has 0 aromatic carbocycles. The normalized spacial score (nSPS) is 10.9. The maximum absolute atomic E-state index is 10.6. The third-order valence-electron chi connectivity index (χ3n) is 1.76. The molecule has 0 atom stereocenters. The lowest BCUT2D eigenvalue weighted by molar-refractivity contribution is 0.251. The zero-order chi connectivity index (χ0) is 11.3. The van der Waals surface area contributed by atoms with Crippen LogP contribution in [0.5, 0.6) is 0 Å². The SMILES string of the molecule is C=C(/C=C(\C)NC(N)=O)c1ccncc1. The van der Waals surface area contributed by atoms with E-state index in [4.69, 9.17) is 5.73 Å². The molecule has 0 saturated heterocycles. The number of hydrogen-bond acceptors (Lipinski definition) is 2. The molecule has 1 rings (SSSR count). The summed E-state index contributed by atoms with van der Waals surface area (Å²) in [7, 11) is 0. The van der Waals surface area contributed by atoms with Crippen molar-refractivity contribution in [1.29, 1.82) is 0 Å². The molecule has 78 valence electrons. The lowest BCUT2D eigenvalue weighted by atomic mass is 10.1. The molecule has 0 fully saturated rings. The Bertz CT molecular complexity index is 396. The average molecular weight is 203 g/mol. The number of urea groups is 1. The molecule has 0 saturated carbocycles. The molecule has 1 aromatic heterocycles. The van der Waals surface area contributed by atoms with Crippen LogP contribution in [-0.2, 0) is 0 Å². The molecular weight excluding hydrogens is 190 g/mol. The first-order chi connectivity index (χ1) is 7.09. The number of rotatable bonds is 3. The van der Waals surface area contributed by atoms with Gasteiger partial charge in [-0.15, -0.1) is 0 Å². The van der Waals surface area contributed by atoms with Gasteiger partial charge in [0, 0.05) is 18.1 Å². The van der Waals surface area contributed by atoms with Crippen molar-refractivity contribution in [2.45, 2.75) is 6.92 Å². The van der Waals surface area contributed by atoms with Crippen LogP contribution < -0.4 is 11.1 Å². The largest absolute Gasteiger partial charge is 0.351 e. The Morgan fingerprint density at radius 3 is 2.67 bits per heavy atom. The number of hydrogen-bond donors (Lipinski definition) is 2. The Morgan fingerprint density at radius 1 is 1.53 bits per heavy atom. The summed E-state index contributed by atoms with van der Waals surface area (Å²) in [5.74, 6) is 0. The standard InChI is InChI=1S/C11H13N3O/c1-8(7-9(2)14-11(12)15)10-3-5-13-6-4-10/h3-7H,1H2,2H3,(H3,12,14,15)/b9-7+. The Labute approximate surface area is 88.5 Å². The Morgan fingerprint density at radius 2 is 2.13 bits per heavy atom. The molecule has 1 aromatic rings. The summed E-state index contributed by atoms with van der Waals surface area (Å²) in [5.41, 5.74) is 7.38. The fraction of sp³-hybridized carbons (Fsp3) is 0.0909. The van der Waals surface area contributed by atoms with E-state index in [1.807, 2.05) is 12.1 Å². The molecule has 0 radical (unpaired) electrons. The van der Waals surface area contributed by atoms with Gasteiger partial charge in [-0.1, -0.05) is 6.58 Å². The topological polar surface area (TPSA) is 68.0 Å². The molecule has 4 heteroatoms. The van der Waals surface area contributed by atoms with Crippen molar-refractivity contribution in [3.8, 4) is 0 Å². The van der Waals surface area contributed by atoms with Crippen molar-refractivity contribution in [3.63, 3.8) is 0 Å². The smallest absolute Gasteiger partial charge is 0.316 e. The summed E-state index contributed by atoms with van der Waals surface area (Å²) in [6.45, 7) is 5.62. The van der Waals surface area contributed by atoms with E-state index >= 15 is 0 Å². The van der Waals surface area contributed by atoms with Gasteiger partial charge in [0.15, 0.2) is 0 Å². The fourth-order valence-electron chi connectivity index (χ4n) is 1.14. The van der Waals surface area contributed by atoms with Crippen LogP contribution in [0.15, 0.2) is 42.9 Å². The molecule has 0 aliphatic heterocycles. The first-order valence-electron chi connectivity index (χ1n) is 4.43. The third-order valence-corrected chi connectivity index (χ3v) is 1.76. The van der Waals surface area contributed by atoms with E-state index in [2.05, 4.69) is 16.9 Å². The zero-order valence-corrected chi connectivity index (χ0v) is 8.53. The predicted molar refractivity (Wildman–Crippen MR) is 59.7 cm³/mol. The molecule has 3 N–H and O–H groups in total. The zero-order valence-electron chi connectivity index (χ0n) is 8.53. The van der Waals surface area contributed by atoms with Crippen molar-refractivity contribution < 1.29 is 4.79 Å². The molecule has 4 nitrogen and oxygen atoms in total. The van der Waals surface area contributed by atoms with Crippen LogP contribution in [0.4, 0.5) is 4.79 Å². The fourth-order valence-corrected chi connectivity index (χ4v) is 1.14. The monoisotopic (exact) mass is 203 g/mol. The van der Waals surface area contributed by atoms with Gasteiger partial charge in [-0.3, -0.25) is 4.98 Å². The highest BCUT2D eigenvalue weighted by Crippen LogP contribution is 2.13. The number of allylic oxidation sites excluding steroid dienone is 3. The number of carbonyl (C=O) groups excluding carboxylic acids is 1. The number of nitrogens with zero attached hydrogens (tertiary/aromatic N) is 1. The molecule has 0 unspecified atom stereocenters. The highest BCUT2D eigenvalue weighted by molar-refractivity contribution is 5.76. The lowest BCUT2D eigenvalue weighted by Crippen LogP contribution is -2.27. The summed E-state index contributed by atoms with van der Waals surface area (Å²) < 4.78 is 0. The van der Waals surface area contributed by atoms with Crippen LogP contribution in [-0.4, -0.2) is 11.0 Å². The van der Waals surface area contributed by atoms with E-state index in [1.54, 1.807) is 25.4 Å². The van der Waals surface area contributed by atoms with Crippen LogP contribution in [0, 0.1) is 0 Å². The second-order valence-electron chi connectivity index (χ2n) is 3.08. The first-order valence-corrected chi connectivity index (χ1v) is 4.43. The van der Waals surface area contributed by atoms with Gasteiger partial charge in [0.25, 0.3) is 0 Å². The van der Waals surface area contributed by atoms with Gasteiger partial charge in [-0.2, -0.15) is 0 Å². The molecule has 0 aliphatic rings. The van der Waals surface area contributed by atoms with E-state index < -0.39 is 6.03 Å². The van der Waals surface area contributed by atoms with Gasteiger partial charge in [-0.25, -0.2) is 4.79 Å². The second kappa shape index (κ2) is 4.95. The van der Waals surface area contributed by atoms with E-state index in [-0.39, 0.29) is 0 Å². The molecular formula is C11H13N3O. The second-order valence-corrected chi connectivity index (χ2v) is 3.08. The molecule has 0 spiro atoms. The minimum Gasteiger partial charge on any atom is -0.351 e. The summed E-state index contributed by atoms with van der Waals surface area (Å²) in [6, 6.07) is 3.11. The van der Waals surface area contributed by atoms with Crippen LogP contribution in [0.2, 0.25) is 0 Å². The molecule has 1 heterocycles. The van der Waals surface area contributed by atoms with Crippen molar-refractivity contribution in [3.05, 3.63) is 48.4 Å². The Balaban J connectivity index is 2.75. The van der Waals surface area contributed by atoms with Gasteiger partial charge < -0.3 is 11.1 Å². The van der Waals surface area contributed by atoms with Crippen molar-refractivity contribution >= 4 is 11.6 Å². The maximum Gasteiger partial charge on any atom is 0.316 e. The number of pyridine rings is 1. The summed E-state index contributed by atoms with van der Waals surface area (Å²) in [5, 5.41) is 2.47. The van der Waals surface area contributed by atoms with Crippen molar-refractivity contribution in [2.24, 2.45) is 5.73 Å². The lowest BCUT2D eigenvalue weighted by Gasteiger charge is -2.03. The number of carbonyl (C=O) groups is 1. The minimum atomic E-state index is -0.578. The quantitative estimate of drug-likeness (QED) is 0.734. The number of nitrogens with two attached hydrogens (primary N) is 1. The van der Waals surface area contributed by atoms with Crippen molar-refractivity contribution in [2.75, 3.05) is 0 Å². The molecule has 15 heavy (non-hydrogen) atoms. The van der Waals surface area contributed by atoms with Gasteiger partial charge in [0.2, 0.25) is 0 Å². The van der Waals surface area contributed by atoms with E-state index in [9.17, 15) is 4.79 Å². The predicted octanol–water partition coefficient (Wildman–Crippen LogP) is 1.67. The highest BCUT2D eigenvalue weighted by atomic mass is 16.2. The molecule has 2 amide bonds. The maximum atomic E-state index is 10.6. The van der Waals surface area contributed by atoms with Crippen LogP contribution in [0.1, 0.15) is 12.5 Å². The van der Waals surface area contributed by atoms with E-state index in [0.29, 0.717) is 5.70 Å².